The maximum atomic E-state index is 9.17. The van der Waals surface area contributed by atoms with Gasteiger partial charge in [0.25, 0.3) is 0 Å². The van der Waals surface area contributed by atoms with Crippen molar-refractivity contribution in [3.05, 3.63) is 22.3 Å². The highest BCUT2D eigenvalue weighted by Gasteiger charge is 2.22. The Labute approximate surface area is 108 Å². The van der Waals surface area contributed by atoms with Crippen LogP contribution in [0.15, 0.2) is 12.1 Å². The Hall–Kier alpha value is -0.910. The zero-order valence-corrected chi connectivity index (χ0v) is 10.7. The van der Waals surface area contributed by atoms with Crippen molar-refractivity contribution in [3.63, 3.8) is 0 Å². The molecule has 0 aliphatic carbocycles. The summed E-state index contributed by atoms with van der Waals surface area (Å²) in [6.45, 7) is 1.07. The van der Waals surface area contributed by atoms with Gasteiger partial charge in [-0.1, -0.05) is 11.6 Å². The number of hydrogen-bond acceptors (Lipinski definition) is 4. The summed E-state index contributed by atoms with van der Waals surface area (Å²) in [5.41, 5.74) is 0. The molecule has 4 nitrogen and oxygen atoms in total. The molecule has 1 N–H and O–H groups in total. The van der Waals surface area contributed by atoms with Crippen LogP contribution in [0.25, 0.3) is 10.7 Å². The van der Waals surface area contributed by atoms with Crippen LogP contribution in [-0.2, 0) is 13.0 Å². The molecule has 1 atom stereocenters. The molecule has 0 bridgehead atoms. The van der Waals surface area contributed by atoms with Crippen LogP contribution in [-0.4, -0.2) is 26.5 Å². The third-order valence-electron chi connectivity index (χ3n) is 3.02. The van der Waals surface area contributed by atoms with E-state index in [-0.39, 0.29) is 6.61 Å². The van der Waals surface area contributed by atoms with E-state index in [2.05, 4.69) is 10.1 Å². The molecule has 6 heteroatoms. The van der Waals surface area contributed by atoms with E-state index in [0.29, 0.717) is 5.92 Å². The van der Waals surface area contributed by atoms with Gasteiger partial charge in [-0.3, -0.25) is 0 Å². The minimum atomic E-state index is 0.229. The summed E-state index contributed by atoms with van der Waals surface area (Å²) in [7, 11) is 0. The van der Waals surface area contributed by atoms with Gasteiger partial charge in [0.05, 0.1) is 9.21 Å². The van der Waals surface area contributed by atoms with Gasteiger partial charge in [0.1, 0.15) is 5.82 Å². The third kappa shape index (κ3) is 2.10. The van der Waals surface area contributed by atoms with E-state index in [4.69, 9.17) is 11.6 Å². The number of hydrogen-bond donors (Lipinski definition) is 1. The van der Waals surface area contributed by atoms with Gasteiger partial charge < -0.3 is 5.11 Å². The largest absolute Gasteiger partial charge is 0.396 e. The normalized spacial score (nSPS) is 19.3. The second kappa shape index (κ2) is 4.40. The van der Waals surface area contributed by atoms with Crippen LogP contribution in [0.2, 0.25) is 4.34 Å². The van der Waals surface area contributed by atoms with Crippen LogP contribution >= 0.6 is 22.9 Å². The number of halogens is 1. The lowest BCUT2D eigenvalue weighted by Gasteiger charge is -2.19. The molecule has 0 spiro atoms. The van der Waals surface area contributed by atoms with Crippen LogP contribution in [0.3, 0.4) is 0 Å². The Morgan fingerprint density at radius 3 is 3.12 bits per heavy atom. The first kappa shape index (κ1) is 11.2. The van der Waals surface area contributed by atoms with E-state index in [9.17, 15) is 5.11 Å². The van der Waals surface area contributed by atoms with Crippen LogP contribution in [0.5, 0.6) is 0 Å². The van der Waals surface area contributed by atoms with Crippen LogP contribution in [0.1, 0.15) is 12.2 Å². The number of aryl methyl sites for hydroxylation is 1. The highest BCUT2D eigenvalue weighted by atomic mass is 35.5. The molecule has 0 radical (unpaired) electrons. The van der Waals surface area contributed by atoms with Crippen molar-refractivity contribution in [2.75, 3.05) is 6.61 Å². The minimum Gasteiger partial charge on any atom is -0.396 e. The van der Waals surface area contributed by atoms with Crippen molar-refractivity contribution < 1.29 is 5.11 Å². The number of aliphatic hydroxyl groups excluding tert-OH is 1. The fraction of sp³-hybridized carbons (Fsp3) is 0.455. The molecule has 17 heavy (non-hydrogen) atoms. The molecule has 1 unspecified atom stereocenters. The first-order valence-electron chi connectivity index (χ1n) is 5.56. The molecule has 3 heterocycles. The second-order valence-electron chi connectivity index (χ2n) is 4.22. The maximum Gasteiger partial charge on any atom is 0.191 e. The van der Waals surface area contributed by atoms with E-state index < -0.39 is 0 Å². The smallest absolute Gasteiger partial charge is 0.191 e. The van der Waals surface area contributed by atoms with Gasteiger partial charge in [0.15, 0.2) is 5.82 Å². The number of nitrogens with zero attached hydrogens (tertiary/aromatic N) is 3. The van der Waals surface area contributed by atoms with E-state index >= 15 is 0 Å². The standard InChI is InChI=1S/C11H12ClN3OS/c12-9-2-1-8(17-9)11-13-10-5-7(6-16)3-4-15(10)14-11/h1-2,7,16H,3-6H2. The van der Waals surface area contributed by atoms with Crippen molar-refractivity contribution in [2.45, 2.75) is 19.4 Å². The van der Waals surface area contributed by atoms with E-state index in [0.717, 1.165) is 40.2 Å². The number of rotatable bonds is 2. The van der Waals surface area contributed by atoms with Crippen molar-refractivity contribution in [1.82, 2.24) is 14.8 Å². The second-order valence-corrected chi connectivity index (χ2v) is 5.94. The van der Waals surface area contributed by atoms with Gasteiger partial charge in [-0.05, 0) is 24.5 Å². The molecular formula is C11H12ClN3OS. The van der Waals surface area contributed by atoms with Crippen LogP contribution < -0.4 is 0 Å². The molecular weight excluding hydrogens is 258 g/mol. The molecule has 0 saturated heterocycles. The maximum absolute atomic E-state index is 9.17. The summed E-state index contributed by atoms with van der Waals surface area (Å²) < 4.78 is 2.69. The monoisotopic (exact) mass is 269 g/mol. The van der Waals surface area contributed by atoms with Crippen LogP contribution in [0.4, 0.5) is 0 Å². The van der Waals surface area contributed by atoms with Crippen molar-refractivity contribution in [3.8, 4) is 10.7 Å². The lowest BCUT2D eigenvalue weighted by molar-refractivity contribution is 0.196. The fourth-order valence-electron chi connectivity index (χ4n) is 2.06. The molecule has 90 valence electrons. The molecule has 1 aliphatic rings. The highest BCUT2D eigenvalue weighted by molar-refractivity contribution is 7.19. The van der Waals surface area contributed by atoms with Gasteiger partial charge in [-0.2, -0.15) is 0 Å². The highest BCUT2D eigenvalue weighted by Crippen LogP contribution is 2.30. The quantitative estimate of drug-likeness (QED) is 0.909. The molecule has 0 saturated carbocycles. The minimum absolute atomic E-state index is 0.229. The van der Waals surface area contributed by atoms with Crippen molar-refractivity contribution in [2.24, 2.45) is 5.92 Å². The Morgan fingerprint density at radius 1 is 1.53 bits per heavy atom. The molecule has 2 aromatic rings. The lowest BCUT2D eigenvalue weighted by Crippen LogP contribution is -2.22. The average Bonchev–Trinajstić information content (AvgIpc) is 2.93. The lowest BCUT2D eigenvalue weighted by atomic mass is 9.99. The number of thiophene rings is 1. The first-order valence-corrected chi connectivity index (χ1v) is 6.76. The third-order valence-corrected chi connectivity index (χ3v) is 4.25. The molecule has 3 rings (SSSR count). The van der Waals surface area contributed by atoms with E-state index in [1.54, 1.807) is 0 Å². The summed E-state index contributed by atoms with van der Waals surface area (Å²) in [6.07, 6.45) is 1.78. The summed E-state index contributed by atoms with van der Waals surface area (Å²) in [5, 5.41) is 13.6. The van der Waals surface area contributed by atoms with Gasteiger partial charge >= 0.3 is 0 Å². The number of aliphatic hydroxyl groups is 1. The Balaban J connectivity index is 1.92. The number of fused-ring (bicyclic) bond motifs is 1. The topological polar surface area (TPSA) is 50.9 Å². The Bertz CT molecular complexity index is 537. The molecule has 1 aliphatic heterocycles. The SMILES string of the molecule is OCC1CCn2nc(-c3ccc(Cl)s3)nc2C1. The first-order chi connectivity index (χ1) is 8.26. The molecule has 0 amide bonds. The van der Waals surface area contributed by atoms with Gasteiger partial charge in [0.2, 0.25) is 0 Å². The zero-order valence-electron chi connectivity index (χ0n) is 9.14. The average molecular weight is 270 g/mol. The van der Waals surface area contributed by atoms with E-state index in [1.165, 1.54) is 11.3 Å². The van der Waals surface area contributed by atoms with Gasteiger partial charge in [-0.25, -0.2) is 9.67 Å². The summed E-state index contributed by atoms with van der Waals surface area (Å²) in [4.78, 5) is 5.52. The van der Waals surface area contributed by atoms with Gasteiger partial charge in [-0.15, -0.1) is 16.4 Å². The fourth-order valence-corrected chi connectivity index (χ4v) is 3.04. The van der Waals surface area contributed by atoms with Crippen molar-refractivity contribution >= 4 is 22.9 Å². The molecule has 0 fully saturated rings. The zero-order chi connectivity index (χ0) is 11.8. The predicted molar refractivity (Wildman–Crippen MR) is 67.2 cm³/mol. The number of aromatic nitrogens is 3. The Kier molecular flexibility index (Phi) is 2.90. The van der Waals surface area contributed by atoms with Gasteiger partial charge in [0, 0.05) is 19.6 Å². The molecule has 2 aromatic heterocycles. The summed E-state index contributed by atoms with van der Waals surface area (Å²) >= 11 is 7.39. The van der Waals surface area contributed by atoms with Crippen LogP contribution in [0, 0.1) is 5.92 Å². The molecule has 0 aromatic carbocycles. The van der Waals surface area contributed by atoms with Crippen molar-refractivity contribution in [1.29, 1.82) is 0 Å². The predicted octanol–water partition coefficient (Wildman–Crippen LogP) is 2.21. The Morgan fingerprint density at radius 2 is 2.41 bits per heavy atom. The summed E-state index contributed by atoms with van der Waals surface area (Å²) in [5.74, 6) is 2.04. The summed E-state index contributed by atoms with van der Waals surface area (Å²) in [6, 6.07) is 3.80. The van der Waals surface area contributed by atoms with E-state index in [1.807, 2.05) is 16.8 Å².